The number of hydrogen-bond acceptors (Lipinski definition) is 4. The zero-order valence-electron chi connectivity index (χ0n) is 11.0. The van der Waals surface area contributed by atoms with Crippen molar-refractivity contribution in [2.75, 3.05) is 18.1 Å². The molecule has 1 atom stereocenters. The fourth-order valence-corrected chi connectivity index (χ4v) is 3.52. The highest BCUT2D eigenvalue weighted by Gasteiger charge is 2.29. The zero-order chi connectivity index (χ0) is 14.7. The molecule has 1 aromatic rings. The second kappa shape index (κ2) is 6.45. The summed E-state index contributed by atoms with van der Waals surface area (Å²) in [6, 6.07) is 2.93. The van der Waals surface area contributed by atoms with Gasteiger partial charge in [-0.25, -0.2) is 4.98 Å². The first-order chi connectivity index (χ1) is 9.47. The molecule has 1 aromatic heterocycles. The van der Waals surface area contributed by atoms with E-state index in [1.807, 2.05) is 0 Å². The van der Waals surface area contributed by atoms with E-state index >= 15 is 0 Å². The fraction of sp³-hybridized carbons (Fsp3) is 0.462. The molecule has 1 aliphatic heterocycles. The Labute approximate surface area is 126 Å². The van der Waals surface area contributed by atoms with Crippen LogP contribution in [0.1, 0.15) is 22.5 Å². The van der Waals surface area contributed by atoms with Crippen LogP contribution in [0.2, 0.25) is 5.15 Å². The Morgan fingerprint density at radius 1 is 1.55 bits per heavy atom. The number of carboxylic acids is 1. The van der Waals surface area contributed by atoms with Crippen molar-refractivity contribution in [3.8, 4) is 0 Å². The van der Waals surface area contributed by atoms with E-state index in [0.717, 1.165) is 5.75 Å². The molecule has 1 fully saturated rings. The summed E-state index contributed by atoms with van der Waals surface area (Å²) in [5, 5.41) is 9.22. The van der Waals surface area contributed by atoms with Crippen molar-refractivity contribution in [3.63, 3.8) is 0 Å². The molecule has 1 unspecified atom stereocenters. The van der Waals surface area contributed by atoms with Crippen LogP contribution in [0.25, 0.3) is 0 Å². The number of hydrogen-bond donors (Lipinski definition) is 1. The molecule has 1 N–H and O–H groups in total. The molecule has 0 aliphatic carbocycles. The molecule has 0 bridgehead atoms. The van der Waals surface area contributed by atoms with Gasteiger partial charge in [-0.1, -0.05) is 11.6 Å². The Balaban J connectivity index is 2.22. The number of aromatic nitrogens is 1. The Morgan fingerprint density at radius 3 is 2.95 bits per heavy atom. The van der Waals surface area contributed by atoms with Crippen LogP contribution in [0, 0.1) is 6.92 Å². The second-order valence-electron chi connectivity index (χ2n) is 4.65. The van der Waals surface area contributed by atoms with E-state index in [1.165, 1.54) is 6.07 Å². The van der Waals surface area contributed by atoms with E-state index in [-0.39, 0.29) is 23.5 Å². The van der Waals surface area contributed by atoms with Gasteiger partial charge in [-0.2, -0.15) is 11.8 Å². The van der Waals surface area contributed by atoms with Crippen LogP contribution in [0.15, 0.2) is 12.1 Å². The van der Waals surface area contributed by atoms with Crippen LogP contribution >= 0.6 is 23.4 Å². The van der Waals surface area contributed by atoms with Crippen molar-refractivity contribution in [1.29, 1.82) is 0 Å². The highest BCUT2D eigenvalue weighted by Crippen LogP contribution is 2.22. The number of pyridine rings is 1. The lowest BCUT2D eigenvalue weighted by Crippen LogP contribution is -2.47. The molecule has 1 amide bonds. The number of aryl methyl sites for hydroxylation is 1. The molecule has 7 heteroatoms. The summed E-state index contributed by atoms with van der Waals surface area (Å²) in [7, 11) is 0. The van der Waals surface area contributed by atoms with Gasteiger partial charge in [0, 0.05) is 29.3 Å². The normalized spacial score (nSPS) is 18.9. The van der Waals surface area contributed by atoms with Crippen molar-refractivity contribution in [1.82, 2.24) is 9.88 Å². The lowest BCUT2D eigenvalue weighted by molar-refractivity contribution is -0.138. The third-order valence-corrected chi connectivity index (χ3v) is 4.35. The predicted octanol–water partition coefficient (Wildman–Crippen LogP) is 2.08. The molecule has 2 heterocycles. The average Bonchev–Trinajstić information content (AvgIpc) is 2.36. The summed E-state index contributed by atoms with van der Waals surface area (Å²) < 4.78 is 0. The summed E-state index contributed by atoms with van der Waals surface area (Å²) in [6.45, 7) is 2.32. The summed E-state index contributed by atoms with van der Waals surface area (Å²) >= 11 is 7.55. The summed E-state index contributed by atoms with van der Waals surface area (Å²) in [5.41, 5.74) is 1.13. The second-order valence-corrected chi connectivity index (χ2v) is 6.18. The van der Waals surface area contributed by atoms with Crippen LogP contribution in [0.5, 0.6) is 0 Å². The van der Waals surface area contributed by atoms with E-state index in [1.54, 1.807) is 29.7 Å². The summed E-state index contributed by atoms with van der Waals surface area (Å²) in [4.78, 5) is 29.1. The SMILES string of the molecule is Cc1cc(C(=O)N2CCSCC2CC(=O)O)cc(Cl)n1. The number of aliphatic carboxylic acids is 1. The number of halogens is 1. The van der Waals surface area contributed by atoms with Gasteiger partial charge in [0.1, 0.15) is 5.15 Å². The first-order valence-electron chi connectivity index (χ1n) is 6.22. The van der Waals surface area contributed by atoms with Gasteiger partial charge in [0.25, 0.3) is 5.91 Å². The largest absolute Gasteiger partial charge is 0.481 e. The van der Waals surface area contributed by atoms with E-state index in [2.05, 4.69) is 4.98 Å². The molecular formula is C13H15ClN2O3S. The van der Waals surface area contributed by atoms with Gasteiger partial charge in [-0.05, 0) is 19.1 Å². The highest BCUT2D eigenvalue weighted by atomic mass is 35.5. The lowest BCUT2D eigenvalue weighted by Gasteiger charge is -2.34. The molecule has 20 heavy (non-hydrogen) atoms. The van der Waals surface area contributed by atoms with Gasteiger partial charge in [0.2, 0.25) is 0 Å². The van der Waals surface area contributed by atoms with Gasteiger partial charge in [0.05, 0.1) is 12.5 Å². The molecule has 0 spiro atoms. The molecular weight excluding hydrogens is 300 g/mol. The number of amides is 1. The standard InChI is InChI=1S/C13H15ClN2O3S/c1-8-4-9(5-11(14)15-8)13(19)16-2-3-20-7-10(16)6-12(17)18/h4-5,10H,2-3,6-7H2,1H3,(H,17,18). The molecule has 0 aromatic carbocycles. The molecule has 108 valence electrons. The third-order valence-electron chi connectivity index (χ3n) is 3.07. The molecule has 1 aliphatic rings. The highest BCUT2D eigenvalue weighted by molar-refractivity contribution is 7.99. The minimum atomic E-state index is -0.890. The molecule has 1 saturated heterocycles. The topological polar surface area (TPSA) is 70.5 Å². The fourth-order valence-electron chi connectivity index (χ4n) is 2.21. The number of carbonyl (C=O) groups excluding carboxylic acids is 1. The van der Waals surface area contributed by atoms with Crippen molar-refractivity contribution in [2.24, 2.45) is 0 Å². The average molecular weight is 315 g/mol. The zero-order valence-corrected chi connectivity index (χ0v) is 12.6. The number of nitrogens with zero attached hydrogens (tertiary/aromatic N) is 2. The molecule has 5 nitrogen and oxygen atoms in total. The number of thioether (sulfide) groups is 1. The number of carboxylic acid groups (broad SMARTS) is 1. The van der Waals surface area contributed by atoms with E-state index in [4.69, 9.17) is 16.7 Å². The van der Waals surface area contributed by atoms with Crippen LogP contribution < -0.4 is 0 Å². The quantitative estimate of drug-likeness (QED) is 0.865. The van der Waals surface area contributed by atoms with Crippen molar-refractivity contribution in [2.45, 2.75) is 19.4 Å². The van der Waals surface area contributed by atoms with Crippen molar-refractivity contribution in [3.05, 3.63) is 28.5 Å². The minimum absolute atomic E-state index is 0.0312. The monoisotopic (exact) mass is 314 g/mol. The first kappa shape index (κ1) is 15.1. The Kier molecular flexibility index (Phi) is 4.88. The van der Waals surface area contributed by atoms with Crippen LogP contribution in [0.3, 0.4) is 0 Å². The Hall–Kier alpha value is -1.27. The van der Waals surface area contributed by atoms with Crippen LogP contribution in [-0.4, -0.2) is 51.0 Å². The molecule has 2 rings (SSSR count). The lowest BCUT2D eigenvalue weighted by atomic mass is 10.1. The first-order valence-corrected chi connectivity index (χ1v) is 7.75. The van der Waals surface area contributed by atoms with Crippen LogP contribution in [-0.2, 0) is 4.79 Å². The smallest absolute Gasteiger partial charge is 0.305 e. The molecule has 0 saturated carbocycles. The Bertz CT molecular complexity index is 518. The maximum absolute atomic E-state index is 12.5. The van der Waals surface area contributed by atoms with Gasteiger partial charge in [-0.15, -0.1) is 0 Å². The number of rotatable bonds is 3. The Morgan fingerprint density at radius 2 is 2.30 bits per heavy atom. The predicted molar refractivity (Wildman–Crippen MR) is 78.4 cm³/mol. The number of carbonyl (C=O) groups is 2. The maximum Gasteiger partial charge on any atom is 0.305 e. The van der Waals surface area contributed by atoms with Crippen LogP contribution in [0.4, 0.5) is 0 Å². The maximum atomic E-state index is 12.5. The van der Waals surface area contributed by atoms with E-state index in [9.17, 15) is 9.59 Å². The van der Waals surface area contributed by atoms with E-state index < -0.39 is 5.97 Å². The minimum Gasteiger partial charge on any atom is -0.481 e. The molecule has 0 radical (unpaired) electrons. The van der Waals surface area contributed by atoms with Gasteiger partial charge in [0.15, 0.2) is 0 Å². The third kappa shape index (κ3) is 3.64. The van der Waals surface area contributed by atoms with E-state index in [0.29, 0.717) is 23.6 Å². The van der Waals surface area contributed by atoms with Gasteiger partial charge in [-0.3, -0.25) is 9.59 Å². The van der Waals surface area contributed by atoms with Gasteiger partial charge < -0.3 is 10.0 Å². The van der Waals surface area contributed by atoms with Gasteiger partial charge >= 0.3 is 5.97 Å². The van der Waals surface area contributed by atoms with Crippen molar-refractivity contribution < 1.29 is 14.7 Å². The summed E-state index contributed by atoms with van der Waals surface area (Å²) in [5.74, 6) is 0.401. The van der Waals surface area contributed by atoms with Crippen molar-refractivity contribution >= 4 is 35.2 Å². The summed E-state index contributed by atoms with van der Waals surface area (Å²) in [6.07, 6.45) is -0.0312.